The van der Waals surface area contributed by atoms with Crippen molar-refractivity contribution in [3.8, 4) is 11.1 Å². The predicted molar refractivity (Wildman–Crippen MR) is 102 cm³/mol. The largest absolute Gasteiger partial charge is 0.475 e. The molecule has 5 heteroatoms. The van der Waals surface area contributed by atoms with Crippen molar-refractivity contribution in [3.05, 3.63) is 66.2 Å². The lowest BCUT2D eigenvalue weighted by Crippen LogP contribution is -2.00. The summed E-state index contributed by atoms with van der Waals surface area (Å²) in [5, 5.41) is 0. The monoisotopic (exact) mass is 360 g/mol. The van der Waals surface area contributed by atoms with E-state index in [1.807, 2.05) is 43.3 Å². The molecule has 0 aliphatic rings. The highest BCUT2D eigenvalue weighted by molar-refractivity contribution is 7.48. The fraction of sp³-hybridized carbons (Fsp3) is 0.300. The second-order valence-corrected chi connectivity index (χ2v) is 7.08. The van der Waals surface area contributed by atoms with Gasteiger partial charge < -0.3 is 0 Å². The van der Waals surface area contributed by atoms with E-state index in [9.17, 15) is 4.57 Å². The zero-order valence-corrected chi connectivity index (χ0v) is 15.9. The van der Waals surface area contributed by atoms with Gasteiger partial charge in [-0.05, 0) is 49.1 Å². The highest BCUT2D eigenvalue weighted by Gasteiger charge is 2.24. The van der Waals surface area contributed by atoms with Crippen molar-refractivity contribution in [1.82, 2.24) is 0 Å². The molecule has 134 valence electrons. The van der Waals surface area contributed by atoms with E-state index in [1.165, 1.54) is 5.56 Å². The highest BCUT2D eigenvalue weighted by Crippen LogP contribution is 2.49. The summed E-state index contributed by atoms with van der Waals surface area (Å²) in [5.74, 6) is 0. The number of phosphoric acid groups is 1. The van der Waals surface area contributed by atoms with Gasteiger partial charge in [0.15, 0.2) is 0 Å². The van der Waals surface area contributed by atoms with Crippen molar-refractivity contribution in [3.63, 3.8) is 0 Å². The molecule has 0 aliphatic heterocycles. The minimum Gasteiger partial charge on any atom is -0.287 e. The molecule has 2 rings (SSSR count). The molecule has 0 fully saturated rings. The van der Waals surface area contributed by atoms with E-state index in [-0.39, 0.29) is 19.8 Å². The molecule has 0 unspecified atom stereocenters. The average Bonchev–Trinajstić information content (AvgIpc) is 2.63. The van der Waals surface area contributed by atoms with Gasteiger partial charge in [0.1, 0.15) is 0 Å². The van der Waals surface area contributed by atoms with Crippen molar-refractivity contribution in [2.24, 2.45) is 0 Å². The van der Waals surface area contributed by atoms with E-state index in [0.29, 0.717) is 0 Å². The molecule has 2 aromatic carbocycles. The number of hydrogen-bond donors (Lipinski definition) is 0. The van der Waals surface area contributed by atoms with E-state index in [2.05, 4.69) is 24.3 Å². The van der Waals surface area contributed by atoms with E-state index in [0.717, 1.165) is 16.7 Å². The van der Waals surface area contributed by atoms with Gasteiger partial charge in [-0.25, -0.2) is 4.57 Å². The summed E-state index contributed by atoms with van der Waals surface area (Å²) < 4.78 is 27.9. The maximum Gasteiger partial charge on any atom is 0.475 e. The van der Waals surface area contributed by atoms with Crippen LogP contribution >= 0.6 is 7.82 Å². The number of hydrogen-bond acceptors (Lipinski definition) is 4. The lowest BCUT2D eigenvalue weighted by atomic mass is 10.00. The Balaban J connectivity index is 2.08. The van der Waals surface area contributed by atoms with Crippen LogP contribution < -0.4 is 0 Å². The summed E-state index contributed by atoms with van der Waals surface area (Å²) in [7, 11) is -3.47. The van der Waals surface area contributed by atoms with Crippen LogP contribution in [0.3, 0.4) is 0 Å². The molecule has 0 N–H and O–H groups in total. The molecule has 0 radical (unpaired) electrons. The Hall–Kier alpha value is -1.71. The highest BCUT2D eigenvalue weighted by atomic mass is 31.2. The van der Waals surface area contributed by atoms with Crippen molar-refractivity contribution < 1.29 is 18.1 Å². The maximum atomic E-state index is 12.3. The van der Waals surface area contributed by atoms with Crippen LogP contribution in [0.5, 0.6) is 0 Å². The van der Waals surface area contributed by atoms with Gasteiger partial charge in [-0.15, -0.1) is 0 Å². The second kappa shape index (κ2) is 9.69. The Morgan fingerprint density at radius 3 is 2.20 bits per heavy atom. The lowest BCUT2D eigenvalue weighted by Gasteiger charge is -2.15. The predicted octanol–water partition coefficient (Wildman–Crippen LogP) is 5.95. The Morgan fingerprint density at radius 2 is 1.56 bits per heavy atom. The number of phosphoric ester groups is 1. The third-order valence-electron chi connectivity index (χ3n) is 3.62. The van der Waals surface area contributed by atoms with Crippen molar-refractivity contribution in [2.45, 2.75) is 20.8 Å². The smallest absolute Gasteiger partial charge is 0.287 e. The first kappa shape index (κ1) is 19.6. The molecule has 25 heavy (non-hydrogen) atoms. The van der Waals surface area contributed by atoms with Gasteiger partial charge >= 0.3 is 7.82 Å². The van der Waals surface area contributed by atoms with Crippen LogP contribution in [0.25, 0.3) is 16.7 Å². The Morgan fingerprint density at radius 1 is 0.920 bits per heavy atom. The third-order valence-corrected chi connectivity index (χ3v) is 5.24. The second-order valence-electron chi connectivity index (χ2n) is 5.41. The minimum atomic E-state index is -3.47. The van der Waals surface area contributed by atoms with E-state index < -0.39 is 7.82 Å². The van der Waals surface area contributed by atoms with Gasteiger partial charge in [0, 0.05) is 0 Å². The molecule has 0 bridgehead atoms. The molecule has 0 amide bonds. The van der Waals surface area contributed by atoms with Crippen LogP contribution in [0.15, 0.2) is 60.7 Å². The molecule has 0 saturated carbocycles. The van der Waals surface area contributed by atoms with Crippen molar-refractivity contribution in [2.75, 3.05) is 19.8 Å². The van der Waals surface area contributed by atoms with E-state index in [1.54, 1.807) is 13.8 Å². The standard InChI is InChI=1S/C20H25O4P/c1-4-22-25(21,23-5-2)24-15-14-17(3)19-12-9-13-20(16-19)18-10-7-6-8-11-18/h6-14,16H,4-5,15H2,1-3H3/b17-14+. The topological polar surface area (TPSA) is 44.8 Å². The van der Waals surface area contributed by atoms with Crippen LogP contribution in [0.2, 0.25) is 0 Å². The van der Waals surface area contributed by atoms with Crippen molar-refractivity contribution >= 4 is 13.4 Å². The van der Waals surface area contributed by atoms with Crippen LogP contribution in [0.1, 0.15) is 26.3 Å². The zero-order valence-electron chi connectivity index (χ0n) is 15.0. The molecular weight excluding hydrogens is 335 g/mol. The maximum absolute atomic E-state index is 12.3. The summed E-state index contributed by atoms with van der Waals surface area (Å²) >= 11 is 0. The first-order chi connectivity index (χ1) is 12.1. The first-order valence-electron chi connectivity index (χ1n) is 8.44. The van der Waals surface area contributed by atoms with Crippen LogP contribution in [0.4, 0.5) is 0 Å². The Bertz CT molecular complexity index is 730. The molecule has 0 saturated heterocycles. The Labute approximate surface area is 150 Å². The average molecular weight is 360 g/mol. The molecular formula is C20H25O4P. The van der Waals surface area contributed by atoms with Crippen molar-refractivity contribution in [1.29, 1.82) is 0 Å². The van der Waals surface area contributed by atoms with Gasteiger partial charge in [-0.1, -0.05) is 54.6 Å². The van der Waals surface area contributed by atoms with Gasteiger partial charge in [-0.3, -0.25) is 13.6 Å². The van der Waals surface area contributed by atoms with Crippen LogP contribution in [-0.4, -0.2) is 19.8 Å². The van der Waals surface area contributed by atoms with Gasteiger partial charge in [0.05, 0.1) is 19.8 Å². The molecule has 0 spiro atoms. The molecule has 0 aromatic heterocycles. The summed E-state index contributed by atoms with van der Waals surface area (Å²) in [6, 6.07) is 18.5. The summed E-state index contributed by atoms with van der Waals surface area (Å²) in [6.45, 7) is 6.23. The van der Waals surface area contributed by atoms with E-state index in [4.69, 9.17) is 13.6 Å². The van der Waals surface area contributed by atoms with Crippen LogP contribution in [0, 0.1) is 0 Å². The molecule has 0 atom stereocenters. The number of allylic oxidation sites excluding steroid dienone is 1. The van der Waals surface area contributed by atoms with E-state index >= 15 is 0 Å². The summed E-state index contributed by atoms with van der Waals surface area (Å²) in [5.41, 5.74) is 4.46. The molecule has 4 nitrogen and oxygen atoms in total. The molecule has 0 heterocycles. The third kappa shape index (κ3) is 5.94. The lowest BCUT2D eigenvalue weighted by molar-refractivity contribution is 0.131. The van der Waals surface area contributed by atoms with Gasteiger partial charge in [0.25, 0.3) is 0 Å². The fourth-order valence-electron chi connectivity index (χ4n) is 2.37. The summed E-state index contributed by atoms with van der Waals surface area (Å²) in [6.07, 6.45) is 1.88. The fourth-order valence-corrected chi connectivity index (χ4v) is 3.49. The normalized spacial score (nSPS) is 12.4. The molecule has 2 aromatic rings. The SMILES string of the molecule is CCOP(=O)(OCC)OC/C=C(\C)c1cccc(-c2ccccc2)c1. The molecule has 0 aliphatic carbocycles. The number of rotatable bonds is 9. The number of benzene rings is 2. The zero-order chi connectivity index (χ0) is 18.1. The van der Waals surface area contributed by atoms with Gasteiger partial charge in [0.2, 0.25) is 0 Å². The van der Waals surface area contributed by atoms with Crippen LogP contribution in [-0.2, 0) is 18.1 Å². The minimum absolute atomic E-state index is 0.165. The summed E-state index contributed by atoms with van der Waals surface area (Å²) in [4.78, 5) is 0. The van der Waals surface area contributed by atoms with Gasteiger partial charge in [-0.2, -0.15) is 0 Å². The first-order valence-corrected chi connectivity index (χ1v) is 9.90. The Kier molecular flexibility index (Phi) is 7.60. The quantitative estimate of drug-likeness (QED) is 0.518.